The summed E-state index contributed by atoms with van der Waals surface area (Å²) in [6.07, 6.45) is 0.868. The number of ether oxygens (including phenoxy) is 1. The first-order valence-electron chi connectivity index (χ1n) is 11.9. The topological polar surface area (TPSA) is 92.2 Å². The molecule has 1 aliphatic heterocycles. The third-order valence-electron chi connectivity index (χ3n) is 6.85. The van der Waals surface area contributed by atoms with Gasteiger partial charge in [-0.3, -0.25) is 9.69 Å². The normalized spacial score (nSPS) is 16.9. The Kier molecular flexibility index (Phi) is 6.81. The van der Waals surface area contributed by atoms with Crippen molar-refractivity contribution in [2.45, 2.75) is 52.6 Å². The van der Waals surface area contributed by atoms with Gasteiger partial charge >= 0.3 is 0 Å². The Morgan fingerprint density at radius 2 is 1.88 bits per heavy atom. The molecule has 1 unspecified atom stereocenters. The standard InChI is InChI=1S/C24H35N7O2/c1-6-24(4,5)31-22(26-27-28-31)21(30-13-11-29(7-2)12-14-30)19-16-17-15-18(33-8-3)9-10-20(17)25-23(19)32/h9-10,15-16,21H,6-8,11-14H2,1-5H3,(H,25,32). The summed E-state index contributed by atoms with van der Waals surface area (Å²) < 4.78 is 7.58. The molecule has 9 heteroatoms. The van der Waals surface area contributed by atoms with Gasteiger partial charge in [0, 0.05) is 42.6 Å². The van der Waals surface area contributed by atoms with E-state index in [1.807, 2.05) is 35.9 Å². The van der Waals surface area contributed by atoms with Crippen molar-refractivity contribution in [1.29, 1.82) is 0 Å². The SMILES string of the molecule is CCOc1ccc2[nH]c(=O)c(C(c3nnnn3C(C)(C)CC)N3CCN(CC)CC3)cc2c1. The fraction of sp³-hybridized carbons (Fsp3) is 0.583. The summed E-state index contributed by atoms with van der Waals surface area (Å²) in [7, 11) is 0. The molecule has 3 heterocycles. The molecule has 4 rings (SSSR count). The molecular weight excluding hydrogens is 418 g/mol. The second kappa shape index (κ2) is 9.61. The number of fused-ring (bicyclic) bond motifs is 1. The molecule has 33 heavy (non-hydrogen) atoms. The maximum atomic E-state index is 13.4. The van der Waals surface area contributed by atoms with Gasteiger partial charge in [0.25, 0.3) is 5.56 Å². The Morgan fingerprint density at radius 3 is 2.55 bits per heavy atom. The number of benzene rings is 1. The van der Waals surface area contributed by atoms with Crippen LogP contribution >= 0.6 is 0 Å². The first kappa shape index (κ1) is 23.4. The number of rotatable bonds is 8. The van der Waals surface area contributed by atoms with Gasteiger partial charge in [0.1, 0.15) is 11.8 Å². The molecule has 0 spiro atoms. The van der Waals surface area contributed by atoms with Gasteiger partial charge in [-0.2, -0.15) is 0 Å². The second-order valence-corrected chi connectivity index (χ2v) is 9.22. The molecule has 1 fully saturated rings. The van der Waals surface area contributed by atoms with E-state index in [0.29, 0.717) is 18.0 Å². The highest BCUT2D eigenvalue weighted by molar-refractivity contribution is 5.80. The van der Waals surface area contributed by atoms with Gasteiger partial charge in [-0.25, -0.2) is 4.68 Å². The van der Waals surface area contributed by atoms with Crippen molar-refractivity contribution in [3.63, 3.8) is 0 Å². The van der Waals surface area contributed by atoms with E-state index in [-0.39, 0.29) is 17.1 Å². The van der Waals surface area contributed by atoms with Crippen LogP contribution in [0, 0.1) is 0 Å². The molecule has 0 saturated carbocycles. The van der Waals surface area contributed by atoms with E-state index >= 15 is 0 Å². The van der Waals surface area contributed by atoms with Crippen molar-refractivity contribution in [2.24, 2.45) is 0 Å². The van der Waals surface area contributed by atoms with Crippen LogP contribution in [0.15, 0.2) is 29.1 Å². The number of hydrogen-bond acceptors (Lipinski definition) is 7. The van der Waals surface area contributed by atoms with E-state index in [4.69, 9.17) is 4.74 Å². The minimum Gasteiger partial charge on any atom is -0.494 e. The van der Waals surface area contributed by atoms with E-state index in [1.54, 1.807) is 0 Å². The Bertz CT molecular complexity index is 1150. The van der Waals surface area contributed by atoms with Crippen LogP contribution in [0.1, 0.15) is 58.5 Å². The average molecular weight is 454 g/mol. The smallest absolute Gasteiger partial charge is 0.253 e. The molecule has 1 N–H and O–H groups in total. The zero-order chi connectivity index (χ0) is 23.6. The van der Waals surface area contributed by atoms with Gasteiger partial charge in [0.2, 0.25) is 0 Å². The largest absolute Gasteiger partial charge is 0.494 e. The number of tetrazole rings is 1. The fourth-order valence-corrected chi connectivity index (χ4v) is 4.44. The molecule has 1 aromatic carbocycles. The van der Waals surface area contributed by atoms with E-state index in [9.17, 15) is 4.79 Å². The predicted molar refractivity (Wildman–Crippen MR) is 129 cm³/mol. The number of aromatic nitrogens is 5. The maximum absolute atomic E-state index is 13.4. The molecule has 0 aliphatic carbocycles. The first-order chi connectivity index (χ1) is 15.9. The number of H-pyrrole nitrogens is 1. The number of hydrogen-bond donors (Lipinski definition) is 1. The van der Waals surface area contributed by atoms with Crippen LogP contribution in [0.4, 0.5) is 0 Å². The molecule has 3 aromatic rings. The van der Waals surface area contributed by atoms with Crippen LogP contribution in [0.2, 0.25) is 0 Å². The predicted octanol–water partition coefficient (Wildman–Crippen LogP) is 2.79. The summed E-state index contributed by atoms with van der Waals surface area (Å²) in [6.45, 7) is 15.7. The lowest BCUT2D eigenvalue weighted by atomic mass is 9.99. The fourth-order valence-electron chi connectivity index (χ4n) is 4.44. The first-order valence-corrected chi connectivity index (χ1v) is 11.9. The number of piperazine rings is 1. The molecule has 0 radical (unpaired) electrons. The van der Waals surface area contributed by atoms with E-state index < -0.39 is 0 Å². The quantitative estimate of drug-likeness (QED) is 0.561. The molecule has 1 saturated heterocycles. The van der Waals surface area contributed by atoms with Crippen molar-refractivity contribution in [3.8, 4) is 5.75 Å². The monoisotopic (exact) mass is 453 g/mol. The Morgan fingerprint density at radius 1 is 1.12 bits per heavy atom. The highest BCUT2D eigenvalue weighted by Crippen LogP contribution is 2.31. The minimum absolute atomic E-state index is 0.113. The van der Waals surface area contributed by atoms with Crippen molar-refractivity contribution < 1.29 is 4.74 Å². The van der Waals surface area contributed by atoms with Gasteiger partial charge in [-0.15, -0.1) is 5.10 Å². The Balaban J connectivity index is 1.85. The molecule has 178 valence electrons. The number of nitrogens with zero attached hydrogens (tertiary/aromatic N) is 6. The molecule has 0 amide bonds. The van der Waals surface area contributed by atoms with Gasteiger partial charge in [0.05, 0.1) is 12.1 Å². The Hall–Kier alpha value is -2.78. The van der Waals surface area contributed by atoms with Crippen LogP contribution in [-0.4, -0.2) is 74.3 Å². The second-order valence-electron chi connectivity index (χ2n) is 9.22. The molecule has 1 aliphatic rings. The molecule has 0 bridgehead atoms. The lowest BCUT2D eigenvalue weighted by Crippen LogP contribution is -2.49. The molecule has 9 nitrogen and oxygen atoms in total. The minimum atomic E-state index is -0.339. The molecule has 2 aromatic heterocycles. The number of aromatic amines is 1. The van der Waals surface area contributed by atoms with Gasteiger partial charge in [0.15, 0.2) is 5.82 Å². The van der Waals surface area contributed by atoms with E-state index in [2.05, 4.69) is 58.0 Å². The maximum Gasteiger partial charge on any atom is 0.253 e. The number of likely N-dealkylation sites (N-methyl/N-ethyl adjacent to an activating group) is 1. The zero-order valence-corrected chi connectivity index (χ0v) is 20.3. The van der Waals surface area contributed by atoms with Crippen molar-refractivity contribution >= 4 is 10.9 Å². The summed E-state index contributed by atoms with van der Waals surface area (Å²) in [5.41, 5.74) is 1.06. The Labute approximate surface area is 194 Å². The van der Waals surface area contributed by atoms with Crippen LogP contribution in [-0.2, 0) is 5.54 Å². The summed E-state index contributed by atoms with van der Waals surface area (Å²) in [6, 6.07) is 7.39. The number of pyridine rings is 1. The highest BCUT2D eigenvalue weighted by Gasteiger charge is 2.35. The van der Waals surface area contributed by atoms with Crippen LogP contribution < -0.4 is 10.3 Å². The lowest BCUT2D eigenvalue weighted by molar-refractivity contribution is 0.105. The van der Waals surface area contributed by atoms with E-state index in [1.165, 1.54) is 0 Å². The molecular formula is C24H35N7O2. The summed E-state index contributed by atoms with van der Waals surface area (Å²) >= 11 is 0. The lowest BCUT2D eigenvalue weighted by Gasteiger charge is -2.39. The van der Waals surface area contributed by atoms with Crippen LogP contribution in [0.3, 0.4) is 0 Å². The third kappa shape index (κ3) is 4.65. The van der Waals surface area contributed by atoms with Crippen LogP contribution in [0.5, 0.6) is 5.75 Å². The van der Waals surface area contributed by atoms with Crippen molar-refractivity contribution in [1.82, 2.24) is 35.0 Å². The van der Waals surface area contributed by atoms with Crippen molar-refractivity contribution in [2.75, 3.05) is 39.3 Å². The molecule has 1 atom stereocenters. The van der Waals surface area contributed by atoms with Gasteiger partial charge in [-0.1, -0.05) is 13.8 Å². The van der Waals surface area contributed by atoms with Gasteiger partial charge < -0.3 is 14.6 Å². The van der Waals surface area contributed by atoms with Crippen LogP contribution in [0.25, 0.3) is 10.9 Å². The highest BCUT2D eigenvalue weighted by atomic mass is 16.5. The summed E-state index contributed by atoms with van der Waals surface area (Å²) in [5.74, 6) is 1.49. The number of nitrogens with one attached hydrogen (secondary N) is 1. The van der Waals surface area contributed by atoms with Gasteiger partial charge in [-0.05, 0) is 68.4 Å². The average Bonchev–Trinajstić information content (AvgIpc) is 3.31. The van der Waals surface area contributed by atoms with Crippen molar-refractivity contribution in [3.05, 3.63) is 46.0 Å². The zero-order valence-electron chi connectivity index (χ0n) is 20.3. The summed E-state index contributed by atoms with van der Waals surface area (Å²) in [4.78, 5) is 21.2. The van der Waals surface area contributed by atoms with E-state index in [0.717, 1.165) is 55.8 Å². The summed E-state index contributed by atoms with van der Waals surface area (Å²) in [5, 5.41) is 13.8. The third-order valence-corrected chi connectivity index (χ3v) is 6.85.